The summed E-state index contributed by atoms with van der Waals surface area (Å²) in [5.74, 6) is -0.719. The number of thioether (sulfide) groups is 1. The van der Waals surface area contributed by atoms with E-state index in [4.69, 9.17) is 4.74 Å². The summed E-state index contributed by atoms with van der Waals surface area (Å²) in [6.45, 7) is 3.81. The highest BCUT2D eigenvalue weighted by Crippen LogP contribution is 2.32. The van der Waals surface area contributed by atoms with Gasteiger partial charge in [0.2, 0.25) is 5.91 Å². The molecular weight excluding hydrogens is 467 g/mol. The van der Waals surface area contributed by atoms with Crippen molar-refractivity contribution < 1.29 is 23.5 Å². The summed E-state index contributed by atoms with van der Waals surface area (Å²) in [6.07, 6.45) is 1.59. The second-order valence-corrected chi connectivity index (χ2v) is 9.10. The maximum Gasteiger partial charge on any atom is 0.294 e. The first kappa shape index (κ1) is 24.2. The minimum absolute atomic E-state index is 0.227. The standard InChI is InChI=1S/C27H23FN2O4S/c1-17-6-11-22(12-18(17)2)29-25(31)15-30-26(32)24(35-27(30)33)14-20-4-3-5-23(13-20)34-16-19-7-9-21(28)10-8-19/h3-14H,15-16H2,1-2H3,(H,29,31)/b24-14-. The summed E-state index contributed by atoms with van der Waals surface area (Å²) in [4.78, 5) is 38.8. The lowest BCUT2D eigenvalue weighted by Crippen LogP contribution is -2.36. The van der Waals surface area contributed by atoms with Crippen LogP contribution in [0.5, 0.6) is 5.75 Å². The third-order valence-electron chi connectivity index (χ3n) is 5.44. The quantitative estimate of drug-likeness (QED) is 0.430. The Kier molecular flexibility index (Phi) is 7.31. The zero-order valence-electron chi connectivity index (χ0n) is 19.2. The molecule has 0 aliphatic carbocycles. The van der Waals surface area contributed by atoms with Crippen LogP contribution in [0.2, 0.25) is 0 Å². The van der Waals surface area contributed by atoms with E-state index in [1.165, 1.54) is 12.1 Å². The van der Waals surface area contributed by atoms with Gasteiger partial charge in [-0.25, -0.2) is 4.39 Å². The van der Waals surface area contributed by atoms with Gasteiger partial charge >= 0.3 is 0 Å². The Bertz CT molecular complexity index is 1320. The van der Waals surface area contributed by atoms with Crippen molar-refractivity contribution in [3.63, 3.8) is 0 Å². The molecule has 3 amide bonds. The molecule has 35 heavy (non-hydrogen) atoms. The molecule has 0 radical (unpaired) electrons. The van der Waals surface area contributed by atoms with Crippen LogP contribution in [-0.2, 0) is 16.2 Å². The van der Waals surface area contributed by atoms with Crippen molar-refractivity contribution in [2.24, 2.45) is 0 Å². The molecular formula is C27H23FN2O4S. The van der Waals surface area contributed by atoms with Crippen LogP contribution < -0.4 is 10.1 Å². The summed E-state index contributed by atoms with van der Waals surface area (Å²) in [6, 6.07) is 18.6. The number of amides is 3. The number of rotatable bonds is 7. The molecule has 0 aromatic heterocycles. The van der Waals surface area contributed by atoms with Crippen LogP contribution in [0, 0.1) is 19.7 Å². The Morgan fingerprint density at radius 2 is 1.80 bits per heavy atom. The number of halogens is 1. The van der Waals surface area contributed by atoms with E-state index in [9.17, 15) is 18.8 Å². The summed E-state index contributed by atoms with van der Waals surface area (Å²) >= 11 is 0.789. The molecule has 178 valence electrons. The zero-order chi connectivity index (χ0) is 24.9. The molecule has 1 fully saturated rings. The number of hydrogen-bond donors (Lipinski definition) is 1. The van der Waals surface area contributed by atoms with E-state index in [0.29, 0.717) is 17.0 Å². The lowest BCUT2D eigenvalue weighted by atomic mass is 10.1. The lowest BCUT2D eigenvalue weighted by molar-refractivity contribution is -0.127. The minimum atomic E-state index is -0.520. The highest BCUT2D eigenvalue weighted by Gasteiger charge is 2.36. The first-order valence-corrected chi connectivity index (χ1v) is 11.7. The van der Waals surface area contributed by atoms with E-state index >= 15 is 0 Å². The monoisotopic (exact) mass is 490 g/mol. The number of carbonyl (C=O) groups excluding carboxylic acids is 3. The Morgan fingerprint density at radius 1 is 1.03 bits per heavy atom. The maximum atomic E-state index is 13.1. The van der Waals surface area contributed by atoms with Gasteiger partial charge in [-0.3, -0.25) is 19.3 Å². The SMILES string of the molecule is Cc1ccc(NC(=O)CN2C(=O)S/C(=C\c3cccc(OCc4ccc(F)cc4)c3)C2=O)cc1C. The summed E-state index contributed by atoms with van der Waals surface area (Å²) in [5.41, 5.74) is 4.23. The van der Waals surface area contributed by atoms with Gasteiger partial charge in [0.15, 0.2) is 0 Å². The molecule has 3 aromatic rings. The van der Waals surface area contributed by atoms with Crippen molar-refractivity contribution in [1.82, 2.24) is 4.90 Å². The average molecular weight is 491 g/mol. The van der Waals surface area contributed by atoms with Gasteiger partial charge in [0.05, 0.1) is 4.91 Å². The van der Waals surface area contributed by atoms with E-state index in [1.807, 2.05) is 26.0 Å². The van der Waals surface area contributed by atoms with Crippen molar-refractivity contribution in [1.29, 1.82) is 0 Å². The number of carbonyl (C=O) groups is 3. The van der Waals surface area contributed by atoms with Gasteiger partial charge in [-0.15, -0.1) is 0 Å². The van der Waals surface area contributed by atoms with E-state index in [0.717, 1.165) is 33.4 Å². The predicted octanol–water partition coefficient (Wildman–Crippen LogP) is 5.70. The van der Waals surface area contributed by atoms with Crippen LogP contribution in [0.15, 0.2) is 71.6 Å². The van der Waals surface area contributed by atoms with Crippen molar-refractivity contribution in [3.8, 4) is 5.75 Å². The molecule has 0 saturated carbocycles. The van der Waals surface area contributed by atoms with Crippen molar-refractivity contribution in [2.45, 2.75) is 20.5 Å². The summed E-state index contributed by atoms with van der Waals surface area (Å²) in [5, 5.41) is 2.23. The first-order valence-electron chi connectivity index (χ1n) is 10.9. The van der Waals surface area contributed by atoms with Crippen LogP contribution in [0.3, 0.4) is 0 Å². The second kappa shape index (κ2) is 10.6. The number of imide groups is 1. The van der Waals surface area contributed by atoms with E-state index < -0.39 is 17.1 Å². The number of hydrogen-bond acceptors (Lipinski definition) is 5. The van der Waals surface area contributed by atoms with Crippen molar-refractivity contribution in [3.05, 3.63) is 99.7 Å². The van der Waals surface area contributed by atoms with Gasteiger partial charge in [-0.2, -0.15) is 0 Å². The average Bonchev–Trinajstić information content (AvgIpc) is 3.08. The molecule has 0 unspecified atom stereocenters. The maximum absolute atomic E-state index is 13.1. The second-order valence-electron chi connectivity index (χ2n) is 8.10. The highest BCUT2D eigenvalue weighted by molar-refractivity contribution is 8.18. The van der Waals surface area contributed by atoms with Crippen molar-refractivity contribution >= 4 is 40.6 Å². The lowest BCUT2D eigenvalue weighted by Gasteiger charge is -2.13. The van der Waals surface area contributed by atoms with E-state index in [2.05, 4.69) is 5.32 Å². The molecule has 6 nitrogen and oxygen atoms in total. The summed E-state index contributed by atoms with van der Waals surface area (Å²) < 4.78 is 18.8. The van der Waals surface area contributed by atoms with Gasteiger partial charge < -0.3 is 10.1 Å². The highest BCUT2D eigenvalue weighted by atomic mass is 32.2. The first-order chi connectivity index (χ1) is 16.8. The third kappa shape index (κ3) is 6.16. The molecule has 0 bridgehead atoms. The van der Waals surface area contributed by atoms with Crippen LogP contribution in [0.1, 0.15) is 22.3 Å². The van der Waals surface area contributed by atoms with Gasteiger partial charge in [-0.1, -0.05) is 30.3 Å². The molecule has 1 heterocycles. The molecule has 8 heteroatoms. The molecule has 1 saturated heterocycles. The van der Waals surface area contributed by atoms with Crippen LogP contribution in [0.4, 0.5) is 14.9 Å². The van der Waals surface area contributed by atoms with Crippen molar-refractivity contribution in [2.75, 3.05) is 11.9 Å². The van der Waals surface area contributed by atoms with Crippen LogP contribution >= 0.6 is 11.8 Å². The van der Waals surface area contributed by atoms with Gasteiger partial charge in [0.1, 0.15) is 24.7 Å². The number of ether oxygens (including phenoxy) is 1. The Labute approximate surface area is 206 Å². The number of anilines is 1. The Morgan fingerprint density at radius 3 is 2.54 bits per heavy atom. The normalized spacial score (nSPS) is 14.5. The Hall–Kier alpha value is -3.91. The fourth-order valence-electron chi connectivity index (χ4n) is 3.39. The van der Waals surface area contributed by atoms with Crippen LogP contribution in [0.25, 0.3) is 6.08 Å². The minimum Gasteiger partial charge on any atom is -0.489 e. The van der Waals surface area contributed by atoms with E-state index in [-0.39, 0.29) is 23.9 Å². The fraction of sp³-hybridized carbons (Fsp3) is 0.148. The fourth-order valence-corrected chi connectivity index (χ4v) is 4.23. The summed E-state index contributed by atoms with van der Waals surface area (Å²) in [7, 11) is 0. The van der Waals surface area contributed by atoms with Crippen LogP contribution in [-0.4, -0.2) is 28.5 Å². The van der Waals surface area contributed by atoms with Gasteiger partial charge in [0.25, 0.3) is 11.1 Å². The largest absolute Gasteiger partial charge is 0.489 e. The molecule has 3 aromatic carbocycles. The smallest absolute Gasteiger partial charge is 0.294 e. The molecule has 1 N–H and O–H groups in total. The van der Waals surface area contributed by atoms with E-state index in [1.54, 1.807) is 48.5 Å². The number of aryl methyl sites for hydroxylation is 2. The topological polar surface area (TPSA) is 75.7 Å². The zero-order valence-corrected chi connectivity index (χ0v) is 20.0. The number of benzene rings is 3. The predicted molar refractivity (Wildman–Crippen MR) is 134 cm³/mol. The molecule has 0 spiro atoms. The van der Waals surface area contributed by atoms with Gasteiger partial charge in [0, 0.05) is 5.69 Å². The molecule has 1 aliphatic rings. The molecule has 0 atom stereocenters. The number of nitrogens with one attached hydrogen (secondary N) is 1. The molecule has 4 rings (SSSR count). The van der Waals surface area contributed by atoms with Gasteiger partial charge in [-0.05, 0) is 90.3 Å². The number of nitrogens with zero attached hydrogens (tertiary/aromatic N) is 1. The Balaban J connectivity index is 1.39. The molecule has 1 aliphatic heterocycles. The third-order valence-corrected chi connectivity index (χ3v) is 6.35.